The Labute approximate surface area is 94.1 Å². The van der Waals surface area contributed by atoms with Crippen molar-refractivity contribution in [2.75, 3.05) is 0 Å². The van der Waals surface area contributed by atoms with Gasteiger partial charge in [0.25, 0.3) is 0 Å². The average molecular weight is 218 g/mol. The van der Waals surface area contributed by atoms with Crippen LogP contribution in [0.5, 0.6) is 0 Å². The van der Waals surface area contributed by atoms with Crippen molar-refractivity contribution in [1.82, 2.24) is 0 Å². The first-order chi connectivity index (χ1) is 7.68. The highest BCUT2D eigenvalue weighted by atomic mass is 16.4. The number of hydrogen-bond donors (Lipinski definition) is 1. The number of carboxylic acid groups (broad SMARTS) is 1. The van der Waals surface area contributed by atoms with E-state index >= 15 is 0 Å². The topological polar surface area (TPSA) is 54.4 Å². The summed E-state index contributed by atoms with van der Waals surface area (Å²) in [5, 5.41) is 8.61. The molecule has 0 radical (unpaired) electrons. The van der Waals surface area contributed by atoms with Crippen LogP contribution in [0.2, 0.25) is 0 Å². The fourth-order valence-electron chi connectivity index (χ4n) is 2.38. The van der Waals surface area contributed by atoms with E-state index in [0.717, 1.165) is 24.8 Å². The van der Waals surface area contributed by atoms with Gasteiger partial charge in [0.2, 0.25) is 5.78 Å². The van der Waals surface area contributed by atoms with Crippen LogP contribution in [0.4, 0.5) is 0 Å². The third-order valence-corrected chi connectivity index (χ3v) is 3.16. The summed E-state index contributed by atoms with van der Waals surface area (Å²) >= 11 is 0. The van der Waals surface area contributed by atoms with Crippen LogP contribution < -0.4 is 0 Å². The molecule has 1 aliphatic carbocycles. The molecule has 0 spiro atoms. The number of carbonyl (C=O) groups excluding carboxylic acids is 1. The molecule has 84 valence electrons. The second-order valence-corrected chi connectivity index (χ2v) is 4.22. The molecule has 1 aromatic carbocycles. The average Bonchev–Trinajstić information content (AvgIpc) is 2.29. The Morgan fingerprint density at radius 1 is 1.31 bits per heavy atom. The third kappa shape index (κ3) is 2.13. The zero-order valence-corrected chi connectivity index (χ0v) is 8.98. The summed E-state index contributed by atoms with van der Waals surface area (Å²) in [6.07, 6.45) is 3.12. The molecule has 2 rings (SSSR count). The summed E-state index contributed by atoms with van der Waals surface area (Å²) in [5.74, 6) is -1.90. The van der Waals surface area contributed by atoms with Gasteiger partial charge in [-0.2, -0.15) is 0 Å². The number of carbonyl (C=O) groups is 2. The molecule has 0 fully saturated rings. The molecule has 0 unspecified atom stereocenters. The van der Waals surface area contributed by atoms with E-state index < -0.39 is 11.8 Å². The van der Waals surface area contributed by atoms with Gasteiger partial charge in [0.1, 0.15) is 0 Å². The van der Waals surface area contributed by atoms with Crippen LogP contribution in [0.1, 0.15) is 36.3 Å². The molecule has 0 heterocycles. The van der Waals surface area contributed by atoms with E-state index in [2.05, 4.69) is 6.07 Å². The molecule has 0 aliphatic heterocycles. The number of rotatable bonds is 3. The molecule has 16 heavy (non-hydrogen) atoms. The lowest BCUT2D eigenvalue weighted by atomic mass is 9.80. The van der Waals surface area contributed by atoms with E-state index in [1.807, 2.05) is 18.2 Å². The van der Waals surface area contributed by atoms with Gasteiger partial charge in [-0.1, -0.05) is 24.3 Å². The van der Waals surface area contributed by atoms with Crippen LogP contribution in [-0.4, -0.2) is 16.9 Å². The van der Waals surface area contributed by atoms with Gasteiger partial charge >= 0.3 is 5.97 Å². The molecule has 1 N–H and O–H groups in total. The standard InChI is InChI=1S/C13H14O3/c14-12(13(15)16)8-10-6-3-5-9-4-1-2-7-11(9)10/h1-2,4,7,10H,3,5-6,8H2,(H,15,16)/t10-/m1/s1. The first-order valence-corrected chi connectivity index (χ1v) is 5.52. The fraction of sp³-hybridized carbons (Fsp3) is 0.385. The number of benzene rings is 1. The van der Waals surface area contributed by atoms with Crippen molar-refractivity contribution >= 4 is 11.8 Å². The maximum absolute atomic E-state index is 11.2. The number of ketones is 1. The monoisotopic (exact) mass is 218 g/mol. The molecule has 1 atom stereocenters. The van der Waals surface area contributed by atoms with Crippen molar-refractivity contribution in [2.24, 2.45) is 0 Å². The minimum Gasteiger partial charge on any atom is -0.476 e. The minimum atomic E-state index is -1.32. The highest BCUT2D eigenvalue weighted by Crippen LogP contribution is 2.33. The van der Waals surface area contributed by atoms with E-state index in [0.29, 0.717) is 0 Å². The molecule has 0 bridgehead atoms. The summed E-state index contributed by atoms with van der Waals surface area (Å²) in [4.78, 5) is 21.8. The Hall–Kier alpha value is -1.64. The predicted octanol–water partition coefficient (Wildman–Crippen LogP) is 2.15. The molecule has 0 saturated heterocycles. The molecule has 3 nitrogen and oxygen atoms in total. The molecule has 0 saturated carbocycles. The van der Waals surface area contributed by atoms with Gasteiger partial charge in [0.05, 0.1) is 0 Å². The SMILES string of the molecule is O=C(O)C(=O)C[C@H]1CCCc2ccccc21. The molecule has 0 amide bonds. The van der Waals surface area contributed by atoms with Crippen molar-refractivity contribution in [3.05, 3.63) is 35.4 Å². The van der Waals surface area contributed by atoms with Gasteiger partial charge in [0, 0.05) is 6.42 Å². The van der Waals surface area contributed by atoms with Crippen LogP contribution in [0, 0.1) is 0 Å². The summed E-state index contributed by atoms with van der Waals surface area (Å²) in [5.41, 5.74) is 2.42. The smallest absolute Gasteiger partial charge is 0.372 e. The van der Waals surface area contributed by atoms with E-state index in [1.165, 1.54) is 5.56 Å². The van der Waals surface area contributed by atoms with Crippen molar-refractivity contribution in [2.45, 2.75) is 31.6 Å². The van der Waals surface area contributed by atoms with Crippen molar-refractivity contribution < 1.29 is 14.7 Å². The van der Waals surface area contributed by atoms with E-state index in [9.17, 15) is 9.59 Å². The van der Waals surface area contributed by atoms with E-state index in [-0.39, 0.29) is 12.3 Å². The Bertz CT molecular complexity index is 423. The maximum atomic E-state index is 11.2. The number of aliphatic carboxylic acids is 1. The zero-order chi connectivity index (χ0) is 11.5. The van der Waals surface area contributed by atoms with Crippen LogP contribution >= 0.6 is 0 Å². The Morgan fingerprint density at radius 3 is 2.81 bits per heavy atom. The highest BCUT2D eigenvalue weighted by molar-refractivity contribution is 6.32. The van der Waals surface area contributed by atoms with Crippen LogP contribution in [0.3, 0.4) is 0 Å². The Kier molecular flexibility index (Phi) is 3.04. The minimum absolute atomic E-state index is 0.0912. The number of carboxylic acids is 1. The summed E-state index contributed by atoms with van der Waals surface area (Å²) in [6, 6.07) is 8.00. The van der Waals surface area contributed by atoms with Crippen LogP contribution in [0.25, 0.3) is 0 Å². The molecule has 0 aromatic heterocycles. The van der Waals surface area contributed by atoms with E-state index in [4.69, 9.17) is 5.11 Å². The van der Waals surface area contributed by atoms with Crippen molar-refractivity contribution in [3.63, 3.8) is 0 Å². The van der Waals surface area contributed by atoms with Gasteiger partial charge in [-0.15, -0.1) is 0 Å². The normalized spacial score (nSPS) is 18.9. The van der Waals surface area contributed by atoms with Gasteiger partial charge in [0.15, 0.2) is 0 Å². The number of fused-ring (bicyclic) bond motifs is 1. The van der Waals surface area contributed by atoms with Gasteiger partial charge in [-0.25, -0.2) is 4.79 Å². The lowest BCUT2D eigenvalue weighted by Crippen LogP contribution is -2.19. The molecular formula is C13H14O3. The van der Waals surface area contributed by atoms with Crippen molar-refractivity contribution in [1.29, 1.82) is 0 Å². The number of Topliss-reactive ketones (excluding diaryl/α,β-unsaturated/α-hetero) is 1. The molecule has 1 aliphatic rings. The summed E-state index contributed by atoms with van der Waals surface area (Å²) in [6.45, 7) is 0. The van der Waals surface area contributed by atoms with Gasteiger partial charge < -0.3 is 5.11 Å². The van der Waals surface area contributed by atoms with Crippen LogP contribution in [0.15, 0.2) is 24.3 Å². The quantitative estimate of drug-likeness (QED) is 0.791. The predicted molar refractivity (Wildman–Crippen MR) is 59.4 cm³/mol. The summed E-state index contributed by atoms with van der Waals surface area (Å²) in [7, 11) is 0. The van der Waals surface area contributed by atoms with E-state index in [1.54, 1.807) is 0 Å². The maximum Gasteiger partial charge on any atom is 0.372 e. The first kappa shape index (κ1) is 10.9. The second kappa shape index (κ2) is 4.47. The lowest BCUT2D eigenvalue weighted by molar-refractivity contribution is -0.149. The first-order valence-electron chi connectivity index (χ1n) is 5.52. The summed E-state index contributed by atoms with van der Waals surface area (Å²) < 4.78 is 0. The van der Waals surface area contributed by atoms with Gasteiger partial charge in [-0.3, -0.25) is 4.79 Å². The molecule has 3 heteroatoms. The van der Waals surface area contributed by atoms with Gasteiger partial charge in [-0.05, 0) is 36.3 Å². The third-order valence-electron chi connectivity index (χ3n) is 3.16. The highest BCUT2D eigenvalue weighted by Gasteiger charge is 2.24. The Morgan fingerprint density at radius 2 is 2.06 bits per heavy atom. The van der Waals surface area contributed by atoms with Crippen molar-refractivity contribution in [3.8, 4) is 0 Å². The Balaban J connectivity index is 2.19. The lowest BCUT2D eigenvalue weighted by Gasteiger charge is -2.24. The second-order valence-electron chi connectivity index (χ2n) is 4.22. The van der Waals surface area contributed by atoms with Crippen LogP contribution in [-0.2, 0) is 16.0 Å². The number of hydrogen-bond acceptors (Lipinski definition) is 2. The fourth-order valence-corrected chi connectivity index (χ4v) is 2.38. The molecular weight excluding hydrogens is 204 g/mol. The zero-order valence-electron chi connectivity index (χ0n) is 8.98. The number of aryl methyl sites for hydroxylation is 1. The largest absolute Gasteiger partial charge is 0.476 e. The molecule has 1 aromatic rings.